The quantitative estimate of drug-likeness (QED) is 0.597. The summed E-state index contributed by atoms with van der Waals surface area (Å²) in [6.07, 6.45) is 2.19. The van der Waals surface area contributed by atoms with E-state index in [1.165, 1.54) is 0 Å². The number of nitrogens with one attached hydrogen (secondary N) is 1. The van der Waals surface area contributed by atoms with E-state index in [4.69, 9.17) is 5.73 Å². The first-order valence-electron chi connectivity index (χ1n) is 3.71. The van der Waals surface area contributed by atoms with Gasteiger partial charge in [0.05, 0.1) is 10.9 Å². The third-order valence-electron chi connectivity index (χ3n) is 1.74. The Balaban J connectivity index is 2.32. The summed E-state index contributed by atoms with van der Waals surface area (Å²) in [5.74, 6) is -0.370. The van der Waals surface area contributed by atoms with Gasteiger partial charge < -0.3 is 11.1 Å². The van der Waals surface area contributed by atoms with Crippen molar-refractivity contribution in [3.8, 4) is 0 Å². The fourth-order valence-corrected chi connectivity index (χ4v) is 0.790. The SMILES string of the molecule is CC(C(=O)NC1CC1)C(N)=S. The van der Waals surface area contributed by atoms with Crippen molar-refractivity contribution >= 4 is 23.1 Å². The third kappa shape index (κ3) is 2.46. The lowest BCUT2D eigenvalue weighted by atomic mass is 10.1. The molecule has 1 aliphatic carbocycles. The van der Waals surface area contributed by atoms with E-state index in [2.05, 4.69) is 17.5 Å². The first-order valence-corrected chi connectivity index (χ1v) is 4.12. The first-order chi connectivity index (χ1) is 5.11. The molecule has 0 spiro atoms. The van der Waals surface area contributed by atoms with Gasteiger partial charge in [0.1, 0.15) is 0 Å². The molecule has 0 aromatic rings. The molecule has 0 heterocycles. The second-order valence-corrected chi connectivity index (χ2v) is 3.38. The van der Waals surface area contributed by atoms with Crippen LogP contribution in [0.15, 0.2) is 0 Å². The standard InChI is InChI=1S/C7H12N2OS/c1-4(6(8)11)7(10)9-5-2-3-5/h4-5H,2-3H2,1H3,(H2,8,11)(H,9,10). The number of carbonyl (C=O) groups excluding carboxylic acids is 1. The summed E-state index contributed by atoms with van der Waals surface area (Å²) in [6, 6.07) is 0.388. The summed E-state index contributed by atoms with van der Waals surface area (Å²) in [5.41, 5.74) is 5.30. The number of hydrogen-bond donors (Lipinski definition) is 2. The van der Waals surface area contributed by atoms with Gasteiger partial charge in [0.15, 0.2) is 0 Å². The Morgan fingerprint density at radius 1 is 1.73 bits per heavy atom. The van der Waals surface area contributed by atoms with Gasteiger partial charge >= 0.3 is 0 Å². The molecule has 62 valence electrons. The maximum Gasteiger partial charge on any atom is 0.229 e. The van der Waals surface area contributed by atoms with Crippen LogP contribution in [0.4, 0.5) is 0 Å². The van der Waals surface area contributed by atoms with Gasteiger partial charge in [-0.05, 0) is 19.8 Å². The molecule has 1 rings (SSSR count). The van der Waals surface area contributed by atoms with Crippen molar-refractivity contribution in [2.24, 2.45) is 11.7 Å². The molecule has 0 radical (unpaired) electrons. The van der Waals surface area contributed by atoms with Crippen molar-refractivity contribution < 1.29 is 4.79 Å². The highest BCUT2D eigenvalue weighted by Gasteiger charge is 2.26. The average Bonchev–Trinajstić information content (AvgIpc) is 2.69. The van der Waals surface area contributed by atoms with Gasteiger partial charge in [-0.3, -0.25) is 4.79 Å². The van der Waals surface area contributed by atoms with E-state index in [-0.39, 0.29) is 16.8 Å². The van der Waals surface area contributed by atoms with Gasteiger partial charge in [-0.15, -0.1) is 0 Å². The summed E-state index contributed by atoms with van der Waals surface area (Å²) in [7, 11) is 0. The number of carbonyl (C=O) groups is 1. The van der Waals surface area contributed by atoms with Crippen LogP contribution in [-0.2, 0) is 4.79 Å². The molecule has 1 aliphatic rings. The molecule has 0 aliphatic heterocycles. The minimum Gasteiger partial charge on any atom is -0.393 e. The number of rotatable bonds is 3. The second kappa shape index (κ2) is 3.17. The van der Waals surface area contributed by atoms with Crippen molar-refractivity contribution in [1.29, 1.82) is 0 Å². The van der Waals surface area contributed by atoms with Crippen LogP contribution < -0.4 is 11.1 Å². The van der Waals surface area contributed by atoms with Crippen molar-refractivity contribution in [2.75, 3.05) is 0 Å². The molecule has 3 N–H and O–H groups in total. The predicted molar refractivity (Wildman–Crippen MR) is 47.1 cm³/mol. The largest absolute Gasteiger partial charge is 0.393 e. The van der Waals surface area contributed by atoms with Gasteiger partial charge in [0.25, 0.3) is 0 Å². The summed E-state index contributed by atoms with van der Waals surface area (Å²) < 4.78 is 0. The van der Waals surface area contributed by atoms with Crippen LogP contribution in [0, 0.1) is 5.92 Å². The molecular formula is C7H12N2OS. The fraction of sp³-hybridized carbons (Fsp3) is 0.714. The van der Waals surface area contributed by atoms with E-state index in [1.807, 2.05) is 0 Å². The fourth-order valence-electron chi connectivity index (χ4n) is 0.683. The Bertz CT molecular complexity index is 189. The summed E-state index contributed by atoms with van der Waals surface area (Å²) in [5, 5.41) is 2.83. The molecule has 0 aromatic heterocycles. The molecule has 0 aromatic carbocycles. The van der Waals surface area contributed by atoms with Crippen LogP contribution >= 0.6 is 12.2 Å². The van der Waals surface area contributed by atoms with E-state index < -0.39 is 0 Å². The maximum absolute atomic E-state index is 11.2. The van der Waals surface area contributed by atoms with Gasteiger partial charge in [-0.1, -0.05) is 12.2 Å². The topological polar surface area (TPSA) is 55.1 Å². The van der Waals surface area contributed by atoms with Crippen LogP contribution in [0.5, 0.6) is 0 Å². The summed E-state index contributed by atoms with van der Waals surface area (Å²) in [4.78, 5) is 11.4. The Labute approximate surface area is 71.3 Å². The number of thiocarbonyl (C=S) groups is 1. The molecule has 1 atom stereocenters. The molecule has 11 heavy (non-hydrogen) atoms. The molecule has 1 unspecified atom stereocenters. The molecule has 1 saturated carbocycles. The Morgan fingerprint density at radius 3 is 2.64 bits per heavy atom. The van der Waals surface area contributed by atoms with Crippen LogP contribution in [-0.4, -0.2) is 16.9 Å². The monoisotopic (exact) mass is 172 g/mol. The molecule has 0 saturated heterocycles. The van der Waals surface area contributed by atoms with Gasteiger partial charge in [0, 0.05) is 6.04 Å². The zero-order valence-electron chi connectivity index (χ0n) is 6.46. The Hall–Kier alpha value is -0.640. The lowest BCUT2D eigenvalue weighted by molar-refractivity contribution is -0.122. The summed E-state index contributed by atoms with van der Waals surface area (Å²) in [6.45, 7) is 1.72. The summed E-state index contributed by atoms with van der Waals surface area (Å²) >= 11 is 4.68. The normalized spacial score (nSPS) is 19.0. The van der Waals surface area contributed by atoms with Crippen molar-refractivity contribution in [3.05, 3.63) is 0 Å². The number of amides is 1. The highest BCUT2D eigenvalue weighted by molar-refractivity contribution is 7.80. The van der Waals surface area contributed by atoms with Gasteiger partial charge in [0.2, 0.25) is 5.91 Å². The highest BCUT2D eigenvalue weighted by atomic mass is 32.1. The minimum atomic E-state index is -0.328. The van der Waals surface area contributed by atoms with E-state index in [1.54, 1.807) is 6.92 Å². The maximum atomic E-state index is 11.2. The second-order valence-electron chi connectivity index (χ2n) is 2.91. The average molecular weight is 172 g/mol. The van der Waals surface area contributed by atoms with Crippen LogP contribution in [0.1, 0.15) is 19.8 Å². The van der Waals surface area contributed by atoms with Crippen LogP contribution in [0.25, 0.3) is 0 Å². The van der Waals surface area contributed by atoms with E-state index in [9.17, 15) is 4.79 Å². The third-order valence-corrected chi connectivity index (χ3v) is 2.10. The highest BCUT2D eigenvalue weighted by Crippen LogP contribution is 2.19. The van der Waals surface area contributed by atoms with Crippen LogP contribution in [0.3, 0.4) is 0 Å². The zero-order valence-corrected chi connectivity index (χ0v) is 7.28. The zero-order chi connectivity index (χ0) is 8.43. The first kappa shape index (κ1) is 8.46. The van der Waals surface area contributed by atoms with Crippen molar-refractivity contribution in [1.82, 2.24) is 5.32 Å². The Kier molecular flexibility index (Phi) is 2.44. The van der Waals surface area contributed by atoms with Gasteiger partial charge in [-0.2, -0.15) is 0 Å². The molecule has 1 fully saturated rings. The van der Waals surface area contributed by atoms with Crippen molar-refractivity contribution in [2.45, 2.75) is 25.8 Å². The molecular weight excluding hydrogens is 160 g/mol. The van der Waals surface area contributed by atoms with Crippen LogP contribution in [0.2, 0.25) is 0 Å². The Morgan fingerprint density at radius 2 is 2.27 bits per heavy atom. The molecule has 0 bridgehead atoms. The van der Waals surface area contributed by atoms with E-state index in [0.29, 0.717) is 6.04 Å². The lowest BCUT2D eigenvalue weighted by Gasteiger charge is -2.08. The smallest absolute Gasteiger partial charge is 0.229 e. The van der Waals surface area contributed by atoms with E-state index >= 15 is 0 Å². The van der Waals surface area contributed by atoms with Gasteiger partial charge in [-0.25, -0.2) is 0 Å². The predicted octanol–water partition coefficient (Wildman–Crippen LogP) is 0.187. The number of nitrogens with two attached hydrogens (primary N) is 1. The molecule has 1 amide bonds. The lowest BCUT2D eigenvalue weighted by Crippen LogP contribution is -2.37. The minimum absolute atomic E-state index is 0.0417. The van der Waals surface area contributed by atoms with E-state index in [0.717, 1.165) is 12.8 Å². The molecule has 3 nitrogen and oxygen atoms in total. The number of hydrogen-bond acceptors (Lipinski definition) is 2. The molecule has 4 heteroatoms. The van der Waals surface area contributed by atoms with Crippen molar-refractivity contribution in [3.63, 3.8) is 0 Å².